The number of ether oxygens (including phenoxy) is 2. The van der Waals surface area contributed by atoms with Gasteiger partial charge in [-0.3, -0.25) is 14.3 Å². The normalized spacial score (nSPS) is 10.9. The first-order valence-electron chi connectivity index (χ1n) is 11.5. The summed E-state index contributed by atoms with van der Waals surface area (Å²) in [5.74, 6) is 0.0779. The van der Waals surface area contributed by atoms with E-state index < -0.39 is 0 Å². The van der Waals surface area contributed by atoms with Crippen LogP contribution in [0.1, 0.15) is 43.1 Å². The number of aldehydes is 2. The number of aromatic nitrogens is 2. The molecule has 0 bridgehead atoms. The second-order valence-electron chi connectivity index (χ2n) is 8.63. The zero-order valence-electron chi connectivity index (χ0n) is 20.8. The lowest BCUT2D eigenvalue weighted by Gasteiger charge is -2.15. The maximum Gasteiger partial charge on any atom is 0.153 e. The Morgan fingerprint density at radius 1 is 0.868 bits per heavy atom. The summed E-state index contributed by atoms with van der Waals surface area (Å²) in [7, 11) is 1.84. The lowest BCUT2D eigenvalue weighted by atomic mass is 9.98. The third kappa shape index (κ3) is 5.32. The number of benzene rings is 3. The van der Waals surface area contributed by atoms with Gasteiger partial charge in [-0.2, -0.15) is 5.10 Å². The molecule has 0 atom stereocenters. The van der Waals surface area contributed by atoms with Crippen LogP contribution in [-0.2, 0) is 20.3 Å². The van der Waals surface area contributed by atoms with Crippen molar-refractivity contribution >= 4 is 35.8 Å². The summed E-state index contributed by atoms with van der Waals surface area (Å²) in [6, 6.07) is 11.2. The average Bonchev–Trinajstić information content (AvgIpc) is 3.17. The molecule has 0 aliphatic heterocycles. The second-order valence-corrected chi connectivity index (χ2v) is 9.44. The molecule has 2 N–H and O–H groups in total. The molecule has 1 heterocycles. The number of aromatic hydroxyl groups is 2. The average molecular weight is 555 g/mol. The van der Waals surface area contributed by atoms with Gasteiger partial charge in [0.1, 0.15) is 41.9 Å². The van der Waals surface area contributed by atoms with Crippen LogP contribution in [0, 0.1) is 13.8 Å². The number of phenolic OH excluding ortho intramolecular Hbond substituents is 2. The van der Waals surface area contributed by atoms with Gasteiger partial charge in [0, 0.05) is 30.3 Å². The number of carbonyl (C=O) groups is 2. The highest BCUT2D eigenvalue weighted by atomic mass is 35.5. The molecular formula is C28H24Cl2N2O6. The quantitative estimate of drug-likeness (QED) is 0.237. The van der Waals surface area contributed by atoms with Crippen molar-refractivity contribution < 1.29 is 29.3 Å². The molecule has 0 saturated carbocycles. The van der Waals surface area contributed by atoms with E-state index in [9.17, 15) is 19.8 Å². The molecule has 38 heavy (non-hydrogen) atoms. The number of nitrogens with zero attached hydrogens (tertiary/aromatic N) is 2. The minimum Gasteiger partial charge on any atom is -0.507 e. The first kappa shape index (κ1) is 27.0. The molecule has 1 aromatic heterocycles. The van der Waals surface area contributed by atoms with Crippen LogP contribution in [0.4, 0.5) is 0 Å². The Kier molecular flexibility index (Phi) is 7.94. The van der Waals surface area contributed by atoms with Gasteiger partial charge in [0.15, 0.2) is 12.6 Å². The summed E-state index contributed by atoms with van der Waals surface area (Å²) in [5.41, 5.74) is 5.44. The van der Waals surface area contributed by atoms with E-state index in [1.54, 1.807) is 4.68 Å². The van der Waals surface area contributed by atoms with Crippen molar-refractivity contribution in [2.75, 3.05) is 0 Å². The van der Waals surface area contributed by atoms with E-state index >= 15 is 0 Å². The maximum absolute atomic E-state index is 11.0. The Morgan fingerprint density at radius 2 is 1.42 bits per heavy atom. The molecule has 4 rings (SSSR count). The van der Waals surface area contributed by atoms with Crippen LogP contribution in [0.25, 0.3) is 11.3 Å². The van der Waals surface area contributed by atoms with E-state index in [-0.39, 0.29) is 57.4 Å². The topological polar surface area (TPSA) is 111 Å². The van der Waals surface area contributed by atoms with Gasteiger partial charge in [0.05, 0.1) is 26.9 Å². The van der Waals surface area contributed by atoms with Crippen molar-refractivity contribution in [3.63, 3.8) is 0 Å². The Bertz CT molecular complexity index is 1550. The highest BCUT2D eigenvalue weighted by molar-refractivity contribution is 6.32. The van der Waals surface area contributed by atoms with Gasteiger partial charge in [0.25, 0.3) is 0 Å². The van der Waals surface area contributed by atoms with Gasteiger partial charge < -0.3 is 19.7 Å². The van der Waals surface area contributed by atoms with E-state index in [0.29, 0.717) is 18.3 Å². The van der Waals surface area contributed by atoms with Crippen molar-refractivity contribution in [2.24, 2.45) is 7.05 Å². The van der Waals surface area contributed by atoms with Crippen LogP contribution in [0.5, 0.6) is 23.0 Å². The van der Waals surface area contributed by atoms with Crippen LogP contribution in [0.15, 0.2) is 42.5 Å². The maximum atomic E-state index is 11.0. The fraction of sp³-hybridized carbons (Fsp3) is 0.179. The second kappa shape index (κ2) is 11.2. The Balaban J connectivity index is 1.57. The summed E-state index contributed by atoms with van der Waals surface area (Å²) in [4.78, 5) is 22.0. The highest BCUT2D eigenvalue weighted by Crippen LogP contribution is 2.35. The number of aryl methyl sites for hydroxylation is 1. The zero-order chi connectivity index (χ0) is 27.6. The van der Waals surface area contributed by atoms with Crippen LogP contribution in [0.2, 0.25) is 10.0 Å². The fourth-order valence-electron chi connectivity index (χ4n) is 4.12. The van der Waals surface area contributed by atoms with Gasteiger partial charge in [-0.25, -0.2) is 0 Å². The molecule has 8 nitrogen and oxygen atoms in total. The van der Waals surface area contributed by atoms with Gasteiger partial charge in [0.2, 0.25) is 0 Å². The molecular weight excluding hydrogens is 531 g/mol. The Morgan fingerprint density at radius 3 is 1.97 bits per heavy atom. The largest absolute Gasteiger partial charge is 0.507 e. The van der Waals surface area contributed by atoms with E-state index in [1.807, 2.05) is 39.1 Å². The molecule has 0 aliphatic carbocycles. The van der Waals surface area contributed by atoms with E-state index in [4.69, 9.17) is 32.7 Å². The van der Waals surface area contributed by atoms with Crippen molar-refractivity contribution in [3.05, 3.63) is 86.0 Å². The van der Waals surface area contributed by atoms with Crippen LogP contribution in [0.3, 0.4) is 0 Å². The first-order valence-corrected chi connectivity index (χ1v) is 12.2. The van der Waals surface area contributed by atoms with E-state index in [0.717, 1.165) is 27.9 Å². The third-order valence-electron chi connectivity index (χ3n) is 6.25. The minimum atomic E-state index is -0.219. The molecule has 0 spiro atoms. The summed E-state index contributed by atoms with van der Waals surface area (Å²) >= 11 is 12.4. The van der Waals surface area contributed by atoms with Crippen molar-refractivity contribution in [3.8, 4) is 34.3 Å². The van der Waals surface area contributed by atoms with Crippen molar-refractivity contribution in [2.45, 2.75) is 27.1 Å². The molecule has 0 aliphatic rings. The third-order valence-corrected chi connectivity index (χ3v) is 6.84. The number of rotatable bonds is 9. The van der Waals surface area contributed by atoms with Gasteiger partial charge in [-0.1, -0.05) is 41.4 Å². The number of halogens is 2. The molecule has 0 saturated heterocycles. The molecule has 0 radical (unpaired) electrons. The van der Waals surface area contributed by atoms with Gasteiger partial charge >= 0.3 is 0 Å². The number of phenols is 2. The molecule has 0 fully saturated rings. The van der Waals surface area contributed by atoms with Crippen molar-refractivity contribution in [1.29, 1.82) is 0 Å². The first-order chi connectivity index (χ1) is 18.1. The minimum absolute atomic E-state index is 0.0787. The zero-order valence-corrected chi connectivity index (χ0v) is 22.3. The van der Waals surface area contributed by atoms with Gasteiger partial charge in [-0.05, 0) is 37.1 Å². The predicted molar refractivity (Wildman–Crippen MR) is 144 cm³/mol. The molecule has 4 aromatic rings. The molecule has 10 heteroatoms. The Hall–Kier alpha value is -4.01. The van der Waals surface area contributed by atoms with E-state index in [2.05, 4.69) is 5.10 Å². The standard InChI is InChI=1S/C28H24Cl2N2O6/c1-15-17(13-37-26-9-24(35)18(11-33)7-21(26)29)5-4-6-20(15)28-16(2)23(31-32(28)3)14-38-27-10-25(36)19(12-34)8-22(27)30/h4-12,35-36H,13-14H2,1-3H3. The van der Waals surface area contributed by atoms with Gasteiger partial charge in [-0.15, -0.1) is 0 Å². The van der Waals surface area contributed by atoms with Crippen molar-refractivity contribution in [1.82, 2.24) is 9.78 Å². The summed E-state index contributed by atoms with van der Waals surface area (Å²) in [6.07, 6.45) is 1.04. The molecule has 0 unspecified atom stereocenters. The predicted octanol–water partition coefficient (Wildman–Crippen LogP) is 6.20. The number of hydrogen-bond donors (Lipinski definition) is 2. The smallest absolute Gasteiger partial charge is 0.153 e. The van der Waals surface area contributed by atoms with Crippen LogP contribution < -0.4 is 9.47 Å². The highest BCUT2D eigenvalue weighted by Gasteiger charge is 2.19. The lowest BCUT2D eigenvalue weighted by molar-refractivity contribution is 0.111. The van der Waals surface area contributed by atoms with E-state index in [1.165, 1.54) is 24.3 Å². The fourth-order valence-corrected chi connectivity index (χ4v) is 4.58. The Labute approximate surface area is 229 Å². The summed E-state index contributed by atoms with van der Waals surface area (Å²) < 4.78 is 13.4. The number of hydrogen-bond acceptors (Lipinski definition) is 7. The lowest BCUT2D eigenvalue weighted by Crippen LogP contribution is -2.02. The molecule has 196 valence electrons. The summed E-state index contributed by atoms with van der Waals surface area (Å²) in [5, 5.41) is 25.0. The molecule has 0 amide bonds. The SMILES string of the molecule is Cc1c(COc2cc(O)c(C=O)cc2Cl)cccc1-c1c(C)c(COc2cc(O)c(C=O)cc2Cl)nn1C. The number of carbonyl (C=O) groups excluding carboxylic acids is 2. The summed E-state index contributed by atoms with van der Waals surface area (Å²) in [6.45, 7) is 4.20. The molecule has 3 aromatic carbocycles. The van der Waals surface area contributed by atoms with Crippen LogP contribution in [-0.4, -0.2) is 32.6 Å². The monoisotopic (exact) mass is 554 g/mol. The van der Waals surface area contributed by atoms with Crippen LogP contribution >= 0.6 is 23.2 Å².